The lowest BCUT2D eigenvalue weighted by atomic mass is 10.1. The summed E-state index contributed by atoms with van der Waals surface area (Å²) < 4.78 is 52.2. The lowest BCUT2D eigenvalue weighted by Crippen LogP contribution is -2.36. The molecule has 4 aromatic rings. The fourth-order valence-corrected chi connectivity index (χ4v) is 3.84. The zero-order chi connectivity index (χ0) is 30.1. The summed E-state index contributed by atoms with van der Waals surface area (Å²) in [4.78, 5) is 33.7. The predicted octanol–water partition coefficient (Wildman–Crippen LogP) is 3.64. The fourth-order valence-electron chi connectivity index (χ4n) is 3.84. The Kier molecular flexibility index (Phi) is 5.19. The first-order chi connectivity index (χ1) is 20.1. The first kappa shape index (κ1) is 18.4. The van der Waals surface area contributed by atoms with Crippen molar-refractivity contribution in [2.45, 2.75) is 0 Å². The molecule has 2 aromatic carbocycles. The predicted molar refractivity (Wildman–Crippen MR) is 136 cm³/mol. The molecule has 2 aromatic heterocycles. The Morgan fingerprint density at radius 2 is 2.03 bits per heavy atom. The van der Waals surface area contributed by atoms with Crippen LogP contribution in [0.15, 0.2) is 60.8 Å². The molecule has 0 radical (unpaired) electrons. The molecule has 1 aliphatic rings. The van der Waals surface area contributed by atoms with Gasteiger partial charge in [0.05, 0.1) is 43.4 Å². The molecule has 0 spiro atoms. The monoisotopic (exact) mass is 506 g/mol. The summed E-state index contributed by atoms with van der Waals surface area (Å²) in [6.45, 7) is 1.85. The van der Waals surface area contributed by atoms with E-state index in [1.807, 2.05) is 4.90 Å². The van der Waals surface area contributed by atoms with E-state index in [4.69, 9.17) is 16.3 Å². The number of hydrogen-bond donors (Lipinski definition) is 1. The molecule has 1 N–H and O–H groups in total. The third-order valence-corrected chi connectivity index (χ3v) is 5.57. The van der Waals surface area contributed by atoms with Crippen LogP contribution in [0, 0.1) is 10.1 Å². The number of carbonyl (C=O) groups is 1. The smallest absolute Gasteiger partial charge is 0.294 e. The van der Waals surface area contributed by atoms with Crippen molar-refractivity contribution in [2.75, 3.05) is 43.6 Å². The van der Waals surface area contributed by atoms with Gasteiger partial charge in [0.25, 0.3) is 5.69 Å². The number of ether oxygens (including phenoxy) is 2. The zero-order valence-electron chi connectivity index (χ0n) is 24.5. The average molecular weight is 507 g/mol. The summed E-state index contributed by atoms with van der Waals surface area (Å²) in [5, 5.41) is 19.2. The van der Waals surface area contributed by atoms with Crippen LogP contribution in [0.25, 0.3) is 17.1 Å². The zero-order valence-corrected chi connectivity index (χ0v) is 19.5. The number of nitrogens with one attached hydrogen (secondary N) is 1. The van der Waals surface area contributed by atoms with Gasteiger partial charge in [0, 0.05) is 49.2 Å². The highest BCUT2D eigenvalue weighted by molar-refractivity contribution is 5.85. The molecule has 188 valence electrons. The van der Waals surface area contributed by atoms with Gasteiger partial charge in [-0.1, -0.05) is 30.2 Å². The Morgan fingerprint density at radius 1 is 1.24 bits per heavy atom. The molecule has 0 unspecified atom stereocenters. The highest BCUT2D eigenvalue weighted by Crippen LogP contribution is 2.39. The van der Waals surface area contributed by atoms with Gasteiger partial charge in [0.15, 0.2) is 12.1 Å². The summed E-state index contributed by atoms with van der Waals surface area (Å²) in [6, 6.07) is 1.66. The van der Waals surface area contributed by atoms with Crippen molar-refractivity contribution in [2.24, 2.45) is 0 Å². The van der Waals surface area contributed by atoms with Crippen molar-refractivity contribution in [1.29, 1.82) is 0 Å². The molecule has 37 heavy (non-hydrogen) atoms. The van der Waals surface area contributed by atoms with Crippen LogP contribution < -0.4 is 15.0 Å². The molecule has 12 heteroatoms. The maximum absolute atomic E-state index is 11.9. The van der Waals surface area contributed by atoms with Crippen LogP contribution in [0.4, 0.5) is 23.0 Å². The maximum atomic E-state index is 11.9. The largest absolute Gasteiger partial charge is 0.494 e. The highest BCUT2D eigenvalue weighted by Gasteiger charge is 2.25. The van der Waals surface area contributed by atoms with Crippen molar-refractivity contribution in [1.82, 2.24) is 19.7 Å². The van der Waals surface area contributed by atoms with E-state index in [0.717, 1.165) is 0 Å². The minimum absolute atomic E-state index is 0.0201. The maximum Gasteiger partial charge on any atom is 0.294 e. The summed E-state index contributed by atoms with van der Waals surface area (Å²) in [5.41, 5.74) is 0.0865. The van der Waals surface area contributed by atoms with Crippen LogP contribution in [0.5, 0.6) is 5.75 Å². The van der Waals surface area contributed by atoms with E-state index in [-0.39, 0.29) is 40.0 Å². The molecule has 5 rings (SSSR count). The van der Waals surface area contributed by atoms with Gasteiger partial charge in [-0.15, -0.1) is 0 Å². The van der Waals surface area contributed by atoms with E-state index in [9.17, 15) is 14.9 Å². The number of aldehydes is 1. The molecule has 0 atom stereocenters. The average Bonchev–Trinajstić information content (AvgIpc) is 3.43. The first-order valence-corrected chi connectivity index (χ1v) is 11.1. The van der Waals surface area contributed by atoms with Gasteiger partial charge in [0.2, 0.25) is 5.95 Å². The van der Waals surface area contributed by atoms with E-state index in [0.29, 0.717) is 44.0 Å². The number of nitrogens with zero attached hydrogens (tertiary/aromatic N) is 6. The number of nitro benzene ring substituents is 1. The minimum Gasteiger partial charge on any atom is -0.494 e. The molecule has 0 bridgehead atoms. The van der Waals surface area contributed by atoms with Crippen molar-refractivity contribution in [3.8, 4) is 22.8 Å². The lowest BCUT2D eigenvalue weighted by Gasteiger charge is -2.29. The topological polar surface area (TPSA) is 138 Å². The van der Waals surface area contributed by atoms with Gasteiger partial charge in [-0.25, -0.2) is 9.67 Å². The van der Waals surface area contributed by atoms with Crippen molar-refractivity contribution >= 4 is 29.3 Å². The number of anilines is 3. The molecule has 1 fully saturated rings. The molecular weight excluding hydrogens is 478 g/mol. The van der Waals surface area contributed by atoms with Gasteiger partial charge in [-0.05, 0) is 0 Å². The van der Waals surface area contributed by atoms with Gasteiger partial charge >= 0.3 is 0 Å². The van der Waals surface area contributed by atoms with Gasteiger partial charge in [0.1, 0.15) is 17.1 Å². The quantitative estimate of drug-likeness (QED) is 0.214. The first-order valence-electron chi connectivity index (χ1n) is 13.6. The summed E-state index contributed by atoms with van der Waals surface area (Å²) in [5.74, 6) is 0.487. The van der Waals surface area contributed by atoms with Crippen molar-refractivity contribution < 1.29 is 26.0 Å². The normalized spacial score (nSPS) is 15.2. The van der Waals surface area contributed by atoms with Crippen LogP contribution in [0.1, 0.15) is 17.2 Å². The third-order valence-electron chi connectivity index (χ3n) is 5.57. The fraction of sp³-hybridized carbons (Fsp3) is 0.200. The van der Waals surface area contributed by atoms with E-state index in [1.165, 1.54) is 36.3 Å². The molecular formula is C25H23N7O5. The van der Waals surface area contributed by atoms with E-state index < -0.39 is 35.1 Å². The van der Waals surface area contributed by atoms with E-state index in [1.54, 1.807) is 6.07 Å². The standard InChI is InChI=1S/C25H23N7O5/c1-36-22-14-20(30-9-11-37-12-10-30)21(32(34)35)13-19(22)27-25-26-8-7-23(28-25)31-15-18(16-33)24(29-31)17-5-3-2-4-6-17/h2-8,13-16H,9-12H2,1H3,(H,26,27,28)/i2D,3D,4D,5D,6D. The number of morpholine rings is 1. The SMILES string of the molecule is [2H]c1c([2H])c([2H])c(-c2nn(-c3ccnc(Nc4cc([N+](=O)[O-])c(N5CCOCC5)cc4OC)n3)cc2C=O)c([2H])c1[2H]. The summed E-state index contributed by atoms with van der Waals surface area (Å²) in [7, 11) is 1.43. The molecule has 0 aliphatic carbocycles. The van der Waals surface area contributed by atoms with Gasteiger partial charge in [-0.2, -0.15) is 10.1 Å². The Morgan fingerprint density at radius 3 is 2.73 bits per heavy atom. The van der Waals surface area contributed by atoms with Crippen LogP contribution in [-0.2, 0) is 4.74 Å². The molecule has 3 heterocycles. The number of rotatable bonds is 8. The number of methoxy groups -OCH3 is 1. The number of benzene rings is 2. The second-order valence-corrected chi connectivity index (χ2v) is 7.76. The Balaban J connectivity index is 1.52. The number of nitro groups is 1. The Hall–Kier alpha value is -4.84. The molecule has 1 aliphatic heterocycles. The Labute approximate surface area is 218 Å². The number of hydrogen-bond acceptors (Lipinski definition) is 10. The lowest BCUT2D eigenvalue weighted by molar-refractivity contribution is -0.384. The van der Waals surface area contributed by atoms with Gasteiger partial charge in [-0.3, -0.25) is 14.9 Å². The van der Waals surface area contributed by atoms with Crippen molar-refractivity contribution in [3.63, 3.8) is 0 Å². The van der Waals surface area contributed by atoms with E-state index >= 15 is 0 Å². The number of aromatic nitrogens is 4. The molecule has 0 amide bonds. The minimum atomic E-state index is -0.569. The van der Waals surface area contributed by atoms with Crippen molar-refractivity contribution in [3.05, 3.63) is 76.5 Å². The second kappa shape index (κ2) is 10.4. The van der Waals surface area contributed by atoms with Crippen LogP contribution >= 0.6 is 0 Å². The molecule has 1 saturated heterocycles. The van der Waals surface area contributed by atoms with E-state index in [2.05, 4.69) is 20.4 Å². The Bertz CT molecular complexity index is 1680. The molecule has 0 saturated carbocycles. The number of carbonyl (C=O) groups excluding carboxylic acids is 1. The van der Waals surface area contributed by atoms with Gasteiger partial charge < -0.3 is 19.7 Å². The summed E-state index contributed by atoms with van der Waals surface area (Å²) >= 11 is 0. The summed E-state index contributed by atoms with van der Waals surface area (Å²) in [6.07, 6.45) is 3.15. The van der Waals surface area contributed by atoms with Crippen LogP contribution in [-0.4, -0.2) is 64.4 Å². The highest BCUT2D eigenvalue weighted by atomic mass is 16.6. The molecule has 12 nitrogen and oxygen atoms in total. The van der Waals surface area contributed by atoms with Crippen LogP contribution in [0.2, 0.25) is 0 Å². The van der Waals surface area contributed by atoms with Crippen LogP contribution in [0.3, 0.4) is 0 Å². The second-order valence-electron chi connectivity index (χ2n) is 7.76. The third kappa shape index (κ3) is 4.95.